The van der Waals surface area contributed by atoms with Crippen molar-refractivity contribution in [3.8, 4) is 5.75 Å². The number of anilines is 1. The first-order valence-electron chi connectivity index (χ1n) is 6.01. The Bertz CT molecular complexity index is 736. The van der Waals surface area contributed by atoms with Gasteiger partial charge in [-0.15, -0.1) is 0 Å². The van der Waals surface area contributed by atoms with Gasteiger partial charge >= 0.3 is 5.69 Å². The Hall–Kier alpha value is -2.21. The van der Waals surface area contributed by atoms with Crippen LogP contribution in [0.2, 0.25) is 5.02 Å². The molecule has 0 unspecified atom stereocenters. The Morgan fingerprint density at radius 3 is 2.85 bits per heavy atom. The second kappa shape index (κ2) is 5.83. The van der Waals surface area contributed by atoms with Gasteiger partial charge in [-0.2, -0.15) is 0 Å². The van der Waals surface area contributed by atoms with Crippen LogP contribution in [-0.2, 0) is 6.54 Å². The average Bonchev–Trinajstić information content (AvgIpc) is 2.39. The van der Waals surface area contributed by atoms with E-state index in [-0.39, 0.29) is 11.6 Å². The van der Waals surface area contributed by atoms with E-state index in [1.54, 1.807) is 18.2 Å². The number of nitrogens with one attached hydrogen (secondary N) is 1. The highest BCUT2D eigenvalue weighted by molar-refractivity contribution is 6.30. The molecule has 0 aliphatic heterocycles. The normalized spacial score (nSPS) is 10.5. The predicted molar refractivity (Wildman–Crippen MR) is 77.5 cm³/mol. The Labute approximate surface area is 119 Å². The molecule has 20 heavy (non-hydrogen) atoms. The predicted octanol–water partition coefficient (Wildman–Crippen LogP) is 1.22. The van der Waals surface area contributed by atoms with E-state index in [9.17, 15) is 9.59 Å². The van der Waals surface area contributed by atoms with E-state index in [2.05, 4.69) is 4.98 Å². The molecule has 2 rings (SSSR count). The number of nitrogens with zero attached hydrogens (tertiary/aromatic N) is 1. The van der Waals surface area contributed by atoms with Crippen LogP contribution in [0.1, 0.15) is 12.5 Å². The Kier molecular flexibility index (Phi) is 4.14. The van der Waals surface area contributed by atoms with Crippen LogP contribution in [-0.4, -0.2) is 16.2 Å². The van der Waals surface area contributed by atoms with Gasteiger partial charge in [-0.3, -0.25) is 14.3 Å². The maximum atomic E-state index is 11.7. The fourth-order valence-corrected chi connectivity index (χ4v) is 1.97. The summed E-state index contributed by atoms with van der Waals surface area (Å²) in [4.78, 5) is 25.1. The zero-order chi connectivity index (χ0) is 14.7. The monoisotopic (exact) mass is 295 g/mol. The lowest BCUT2D eigenvalue weighted by Crippen LogP contribution is -2.30. The van der Waals surface area contributed by atoms with Crippen LogP contribution in [0.15, 0.2) is 34.0 Å². The molecular weight excluding hydrogens is 282 g/mol. The average molecular weight is 296 g/mol. The number of nitrogens with two attached hydrogens (primary N) is 1. The number of ether oxygens (including phenoxy) is 1. The van der Waals surface area contributed by atoms with Gasteiger partial charge in [0.1, 0.15) is 10.8 Å². The van der Waals surface area contributed by atoms with Crippen molar-refractivity contribution in [3.63, 3.8) is 0 Å². The minimum absolute atomic E-state index is 0.0496. The Morgan fingerprint density at radius 2 is 2.15 bits per heavy atom. The molecule has 1 aromatic heterocycles. The van der Waals surface area contributed by atoms with Crippen molar-refractivity contribution < 1.29 is 4.74 Å². The number of hydrogen-bond acceptors (Lipinski definition) is 4. The highest BCUT2D eigenvalue weighted by atomic mass is 35.5. The number of aromatic nitrogens is 2. The van der Waals surface area contributed by atoms with Crippen molar-refractivity contribution in [1.29, 1.82) is 0 Å². The van der Waals surface area contributed by atoms with Crippen molar-refractivity contribution in [1.82, 2.24) is 9.55 Å². The van der Waals surface area contributed by atoms with Gasteiger partial charge in [-0.05, 0) is 25.1 Å². The van der Waals surface area contributed by atoms with E-state index in [0.29, 0.717) is 18.0 Å². The standard InChI is InChI=1S/C13H14ClN3O3/c1-2-20-11-4-3-9(15)5-8(11)6-17-7-10(14)12(18)16-13(17)19/h3-5,7H,2,6,15H2,1H3,(H,16,18,19). The summed E-state index contributed by atoms with van der Waals surface area (Å²) in [6.07, 6.45) is 1.29. The first kappa shape index (κ1) is 14.2. The van der Waals surface area contributed by atoms with Crippen LogP contribution in [0, 0.1) is 0 Å². The molecule has 6 nitrogen and oxygen atoms in total. The highest BCUT2D eigenvalue weighted by Gasteiger charge is 2.08. The third kappa shape index (κ3) is 3.03. The fourth-order valence-electron chi connectivity index (χ4n) is 1.80. The molecule has 0 bridgehead atoms. The van der Waals surface area contributed by atoms with Crippen LogP contribution >= 0.6 is 11.6 Å². The Balaban J connectivity index is 2.44. The lowest BCUT2D eigenvalue weighted by molar-refractivity contribution is 0.335. The first-order chi connectivity index (χ1) is 9.51. The lowest BCUT2D eigenvalue weighted by Gasteiger charge is -2.12. The third-order valence-corrected chi connectivity index (χ3v) is 2.96. The van der Waals surface area contributed by atoms with Gasteiger partial charge in [-0.1, -0.05) is 11.6 Å². The summed E-state index contributed by atoms with van der Waals surface area (Å²) in [5.74, 6) is 0.635. The smallest absolute Gasteiger partial charge is 0.328 e. The number of nitrogen functional groups attached to an aromatic ring is 1. The van der Waals surface area contributed by atoms with Crippen molar-refractivity contribution in [2.45, 2.75) is 13.5 Å². The second-order valence-corrected chi connectivity index (χ2v) is 4.57. The molecule has 1 heterocycles. The summed E-state index contributed by atoms with van der Waals surface area (Å²) in [6, 6.07) is 5.18. The van der Waals surface area contributed by atoms with Gasteiger partial charge in [0.25, 0.3) is 5.56 Å². The molecule has 0 spiro atoms. The van der Waals surface area contributed by atoms with Gasteiger partial charge in [-0.25, -0.2) is 4.79 Å². The summed E-state index contributed by atoms with van der Waals surface area (Å²) in [7, 11) is 0. The molecule has 7 heteroatoms. The van der Waals surface area contributed by atoms with E-state index in [0.717, 1.165) is 5.56 Å². The van der Waals surface area contributed by atoms with Crippen LogP contribution < -0.4 is 21.7 Å². The number of H-pyrrole nitrogens is 1. The summed E-state index contributed by atoms with van der Waals surface area (Å²) >= 11 is 5.72. The van der Waals surface area contributed by atoms with Crippen molar-refractivity contribution in [2.24, 2.45) is 0 Å². The number of rotatable bonds is 4. The topological polar surface area (TPSA) is 90.1 Å². The molecule has 1 aromatic carbocycles. The third-order valence-electron chi connectivity index (χ3n) is 2.69. The first-order valence-corrected chi connectivity index (χ1v) is 6.39. The molecule has 2 aromatic rings. The van der Waals surface area contributed by atoms with Gasteiger partial charge < -0.3 is 10.5 Å². The number of halogens is 1. The van der Waals surface area contributed by atoms with Gasteiger partial charge in [0, 0.05) is 17.4 Å². The minimum atomic E-state index is -0.606. The summed E-state index contributed by atoms with van der Waals surface area (Å²) < 4.78 is 6.77. The second-order valence-electron chi connectivity index (χ2n) is 4.16. The van der Waals surface area contributed by atoms with Crippen LogP contribution in [0.5, 0.6) is 5.75 Å². The van der Waals surface area contributed by atoms with E-state index < -0.39 is 11.2 Å². The van der Waals surface area contributed by atoms with Gasteiger partial charge in [0.05, 0.1) is 13.2 Å². The highest BCUT2D eigenvalue weighted by Crippen LogP contribution is 2.22. The van der Waals surface area contributed by atoms with Crippen LogP contribution in [0.25, 0.3) is 0 Å². The largest absolute Gasteiger partial charge is 0.494 e. The van der Waals surface area contributed by atoms with E-state index >= 15 is 0 Å². The number of aromatic amines is 1. The zero-order valence-electron chi connectivity index (χ0n) is 10.9. The maximum absolute atomic E-state index is 11.7. The van der Waals surface area contributed by atoms with Crippen LogP contribution in [0.3, 0.4) is 0 Å². The van der Waals surface area contributed by atoms with Crippen molar-refractivity contribution >= 4 is 17.3 Å². The number of benzene rings is 1. The maximum Gasteiger partial charge on any atom is 0.328 e. The van der Waals surface area contributed by atoms with Crippen molar-refractivity contribution in [2.75, 3.05) is 12.3 Å². The quantitative estimate of drug-likeness (QED) is 0.830. The fraction of sp³-hybridized carbons (Fsp3) is 0.231. The zero-order valence-corrected chi connectivity index (χ0v) is 11.6. The molecule has 3 N–H and O–H groups in total. The molecular formula is C13H14ClN3O3. The lowest BCUT2D eigenvalue weighted by atomic mass is 10.1. The molecule has 0 aliphatic carbocycles. The SMILES string of the molecule is CCOc1ccc(N)cc1Cn1cc(Cl)c(=O)[nH]c1=O. The molecule has 0 amide bonds. The number of hydrogen-bond donors (Lipinski definition) is 2. The summed E-state index contributed by atoms with van der Waals surface area (Å²) in [5, 5.41) is -0.0496. The summed E-state index contributed by atoms with van der Waals surface area (Å²) in [5.41, 5.74) is 5.89. The molecule has 106 valence electrons. The van der Waals surface area contributed by atoms with E-state index in [4.69, 9.17) is 22.1 Å². The molecule has 0 saturated carbocycles. The minimum Gasteiger partial charge on any atom is -0.494 e. The van der Waals surface area contributed by atoms with Gasteiger partial charge in [0.15, 0.2) is 0 Å². The van der Waals surface area contributed by atoms with E-state index in [1.165, 1.54) is 10.8 Å². The molecule has 0 aliphatic rings. The summed E-state index contributed by atoms with van der Waals surface area (Å²) in [6.45, 7) is 2.57. The molecule has 0 saturated heterocycles. The van der Waals surface area contributed by atoms with Gasteiger partial charge in [0.2, 0.25) is 0 Å². The van der Waals surface area contributed by atoms with E-state index in [1.807, 2.05) is 6.92 Å². The van der Waals surface area contributed by atoms with Crippen molar-refractivity contribution in [3.05, 3.63) is 55.8 Å². The molecule has 0 atom stereocenters. The molecule has 0 fully saturated rings. The van der Waals surface area contributed by atoms with Crippen LogP contribution in [0.4, 0.5) is 5.69 Å². The Morgan fingerprint density at radius 1 is 1.40 bits per heavy atom. The molecule has 0 radical (unpaired) electrons.